The Morgan fingerprint density at radius 2 is 1.84 bits per heavy atom. The van der Waals surface area contributed by atoms with Crippen molar-refractivity contribution in [2.24, 2.45) is 5.10 Å². The van der Waals surface area contributed by atoms with Crippen molar-refractivity contribution < 1.29 is 4.79 Å². The van der Waals surface area contributed by atoms with Gasteiger partial charge >= 0.3 is 0 Å². The van der Waals surface area contributed by atoms with E-state index < -0.39 is 0 Å². The van der Waals surface area contributed by atoms with Crippen molar-refractivity contribution in [1.82, 2.24) is 5.43 Å². The van der Waals surface area contributed by atoms with E-state index >= 15 is 0 Å². The number of nitrogens with zero attached hydrogens (tertiary/aromatic N) is 1. The second-order valence-electron chi connectivity index (χ2n) is 3.70. The van der Waals surface area contributed by atoms with Crippen LogP contribution in [0.1, 0.15) is 15.9 Å². The van der Waals surface area contributed by atoms with E-state index in [2.05, 4.69) is 33.1 Å². The van der Waals surface area contributed by atoms with Crippen LogP contribution >= 0.6 is 34.2 Å². The van der Waals surface area contributed by atoms with Crippen LogP contribution in [-0.2, 0) is 0 Å². The Hall–Kier alpha value is -1.40. The van der Waals surface area contributed by atoms with Gasteiger partial charge < -0.3 is 0 Å². The van der Waals surface area contributed by atoms with Crippen molar-refractivity contribution >= 4 is 46.3 Å². The Morgan fingerprint density at radius 1 is 1.16 bits per heavy atom. The average Bonchev–Trinajstić information content (AvgIpc) is 2.41. The summed E-state index contributed by atoms with van der Waals surface area (Å²) < 4.78 is 1.07. The van der Waals surface area contributed by atoms with E-state index in [4.69, 9.17) is 11.6 Å². The van der Waals surface area contributed by atoms with Gasteiger partial charge in [-0.25, -0.2) is 5.43 Å². The SMILES string of the molecule is O=C(N/N=C\c1ccccc1I)c1ccccc1Cl. The molecule has 3 nitrogen and oxygen atoms in total. The first-order chi connectivity index (χ1) is 9.18. The third kappa shape index (κ3) is 3.78. The third-order valence-corrected chi connectivity index (χ3v) is 3.71. The molecule has 0 bridgehead atoms. The zero-order valence-corrected chi connectivity index (χ0v) is 12.7. The largest absolute Gasteiger partial charge is 0.272 e. The normalized spacial score (nSPS) is 10.6. The van der Waals surface area contributed by atoms with Gasteiger partial charge in [-0.3, -0.25) is 4.79 Å². The van der Waals surface area contributed by atoms with Crippen molar-refractivity contribution in [3.63, 3.8) is 0 Å². The quantitative estimate of drug-likeness (QED) is 0.489. The van der Waals surface area contributed by atoms with Crippen LogP contribution in [0, 0.1) is 3.57 Å². The van der Waals surface area contributed by atoms with Gasteiger partial charge in [0.05, 0.1) is 16.8 Å². The highest BCUT2D eigenvalue weighted by Crippen LogP contribution is 2.14. The van der Waals surface area contributed by atoms with Gasteiger partial charge in [-0.2, -0.15) is 5.10 Å². The molecule has 0 saturated heterocycles. The van der Waals surface area contributed by atoms with Gasteiger partial charge in [0, 0.05) is 9.13 Å². The fourth-order valence-corrected chi connectivity index (χ4v) is 2.19. The summed E-state index contributed by atoms with van der Waals surface area (Å²) in [6, 6.07) is 14.6. The lowest BCUT2D eigenvalue weighted by molar-refractivity contribution is 0.0955. The molecule has 0 aliphatic rings. The van der Waals surface area contributed by atoms with Gasteiger partial charge in [0.2, 0.25) is 0 Å². The molecule has 1 amide bonds. The van der Waals surface area contributed by atoms with E-state index in [1.54, 1.807) is 30.5 Å². The van der Waals surface area contributed by atoms with Crippen molar-refractivity contribution in [3.05, 3.63) is 68.3 Å². The zero-order valence-electron chi connectivity index (χ0n) is 9.81. The summed E-state index contributed by atoms with van der Waals surface area (Å²) in [6.45, 7) is 0. The number of nitrogens with one attached hydrogen (secondary N) is 1. The van der Waals surface area contributed by atoms with Gasteiger partial charge in [0.15, 0.2) is 0 Å². The minimum absolute atomic E-state index is 0.326. The first kappa shape index (κ1) is 14.0. The van der Waals surface area contributed by atoms with Gasteiger partial charge in [-0.15, -0.1) is 0 Å². The van der Waals surface area contributed by atoms with Gasteiger partial charge in [-0.05, 0) is 40.8 Å². The Kier molecular flexibility index (Phi) is 4.93. The number of hydrogen-bond donors (Lipinski definition) is 1. The highest BCUT2D eigenvalue weighted by molar-refractivity contribution is 14.1. The Labute approximate surface area is 129 Å². The summed E-state index contributed by atoms with van der Waals surface area (Å²) in [6.07, 6.45) is 1.61. The first-order valence-electron chi connectivity index (χ1n) is 5.51. The van der Waals surface area contributed by atoms with E-state index in [9.17, 15) is 4.79 Å². The Morgan fingerprint density at radius 3 is 2.58 bits per heavy atom. The van der Waals surface area contributed by atoms with Crippen LogP contribution in [0.25, 0.3) is 0 Å². The second-order valence-corrected chi connectivity index (χ2v) is 5.27. The van der Waals surface area contributed by atoms with E-state index in [-0.39, 0.29) is 5.91 Å². The molecule has 0 atom stereocenters. The van der Waals surface area contributed by atoms with Crippen LogP contribution in [0.4, 0.5) is 0 Å². The topological polar surface area (TPSA) is 41.5 Å². The van der Waals surface area contributed by atoms with Crippen LogP contribution in [0.15, 0.2) is 53.6 Å². The summed E-state index contributed by atoms with van der Waals surface area (Å²) in [5.41, 5.74) is 3.81. The molecule has 0 saturated carbocycles. The molecular weight excluding hydrogens is 375 g/mol. The predicted octanol–water partition coefficient (Wildman–Crippen LogP) is 3.71. The van der Waals surface area contributed by atoms with E-state index in [0.717, 1.165) is 9.13 Å². The van der Waals surface area contributed by atoms with Crippen LogP contribution in [-0.4, -0.2) is 12.1 Å². The molecule has 19 heavy (non-hydrogen) atoms. The highest BCUT2D eigenvalue weighted by Gasteiger charge is 2.07. The van der Waals surface area contributed by atoms with Crippen LogP contribution in [0.5, 0.6) is 0 Å². The maximum Gasteiger partial charge on any atom is 0.272 e. The molecule has 96 valence electrons. The number of rotatable bonds is 3. The average molecular weight is 385 g/mol. The maximum atomic E-state index is 11.8. The molecule has 0 spiro atoms. The smallest absolute Gasteiger partial charge is 0.267 e. The molecule has 0 aromatic heterocycles. The molecule has 1 N–H and O–H groups in total. The predicted molar refractivity (Wildman–Crippen MR) is 85.7 cm³/mol. The number of hydrazone groups is 1. The molecule has 0 aliphatic heterocycles. The molecule has 0 aliphatic carbocycles. The number of benzene rings is 2. The van der Waals surface area contributed by atoms with Crippen LogP contribution < -0.4 is 5.43 Å². The van der Waals surface area contributed by atoms with E-state index in [0.29, 0.717) is 10.6 Å². The fraction of sp³-hybridized carbons (Fsp3) is 0. The fourth-order valence-electron chi connectivity index (χ4n) is 1.45. The summed E-state index contributed by atoms with van der Waals surface area (Å²) in [5.74, 6) is -0.326. The van der Waals surface area contributed by atoms with Gasteiger partial charge in [0.1, 0.15) is 0 Å². The minimum Gasteiger partial charge on any atom is -0.267 e. The number of carbonyl (C=O) groups is 1. The number of hydrogen-bond acceptors (Lipinski definition) is 2. The Bertz CT molecular complexity index is 628. The lowest BCUT2D eigenvalue weighted by Crippen LogP contribution is -2.18. The first-order valence-corrected chi connectivity index (χ1v) is 6.96. The summed E-state index contributed by atoms with van der Waals surface area (Å²) in [7, 11) is 0. The zero-order chi connectivity index (χ0) is 13.7. The summed E-state index contributed by atoms with van der Waals surface area (Å²) in [4.78, 5) is 11.8. The standard InChI is InChI=1S/C14H10ClIN2O/c15-12-7-3-2-6-11(12)14(19)18-17-9-10-5-1-4-8-13(10)16/h1-9H,(H,18,19)/b17-9-. The second kappa shape index (κ2) is 6.68. The monoisotopic (exact) mass is 384 g/mol. The molecule has 0 fully saturated rings. The van der Waals surface area contributed by atoms with Crippen molar-refractivity contribution in [2.75, 3.05) is 0 Å². The van der Waals surface area contributed by atoms with Crippen molar-refractivity contribution in [1.29, 1.82) is 0 Å². The number of halogens is 2. The Balaban J connectivity index is 2.06. The maximum absolute atomic E-state index is 11.8. The molecule has 0 unspecified atom stereocenters. The minimum atomic E-state index is -0.326. The highest BCUT2D eigenvalue weighted by atomic mass is 127. The molecule has 2 aromatic rings. The summed E-state index contributed by atoms with van der Waals surface area (Å²) in [5, 5.41) is 4.34. The molecular formula is C14H10ClIN2O. The molecule has 2 aromatic carbocycles. The van der Waals surface area contributed by atoms with E-state index in [1.165, 1.54) is 0 Å². The summed E-state index contributed by atoms with van der Waals surface area (Å²) >= 11 is 8.14. The number of amides is 1. The molecule has 0 radical (unpaired) electrons. The molecule has 5 heteroatoms. The lowest BCUT2D eigenvalue weighted by atomic mass is 10.2. The third-order valence-electron chi connectivity index (χ3n) is 2.39. The number of carbonyl (C=O) groups excluding carboxylic acids is 1. The van der Waals surface area contributed by atoms with Gasteiger partial charge in [0.25, 0.3) is 5.91 Å². The van der Waals surface area contributed by atoms with Crippen LogP contribution in [0.2, 0.25) is 5.02 Å². The van der Waals surface area contributed by atoms with Crippen molar-refractivity contribution in [2.45, 2.75) is 0 Å². The lowest BCUT2D eigenvalue weighted by Gasteiger charge is -2.02. The van der Waals surface area contributed by atoms with E-state index in [1.807, 2.05) is 24.3 Å². The molecule has 2 rings (SSSR count). The van der Waals surface area contributed by atoms with Crippen LogP contribution in [0.3, 0.4) is 0 Å². The van der Waals surface area contributed by atoms with Gasteiger partial charge in [-0.1, -0.05) is 41.9 Å². The molecule has 0 heterocycles. The van der Waals surface area contributed by atoms with Crippen molar-refractivity contribution in [3.8, 4) is 0 Å².